The van der Waals surface area contributed by atoms with Gasteiger partial charge < -0.3 is 9.15 Å². The summed E-state index contributed by atoms with van der Waals surface area (Å²) in [5, 5.41) is 0. The molecule has 1 aromatic rings. The van der Waals surface area contributed by atoms with Gasteiger partial charge in [0.1, 0.15) is 6.26 Å². The van der Waals surface area contributed by atoms with E-state index in [4.69, 9.17) is 9.15 Å². The second-order valence-corrected chi connectivity index (χ2v) is 2.69. The molecule has 1 atom stereocenters. The SMILES string of the molecule is COC(C)CC(=O)c1ccoc1. The first kappa shape index (κ1) is 9.00. The largest absolute Gasteiger partial charge is 0.472 e. The number of ether oxygens (including phenoxy) is 1. The van der Waals surface area contributed by atoms with Crippen LogP contribution in [0, 0.1) is 0 Å². The summed E-state index contributed by atoms with van der Waals surface area (Å²) in [6.07, 6.45) is 3.30. The second-order valence-electron chi connectivity index (χ2n) is 2.69. The Morgan fingerprint density at radius 1 is 1.75 bits per heavy atom. The van der Waals surface area contributed by atoms with E-state index in [1.807, 2.05) is 6.92 Å². The van der Waals surface area contributed by atoms with Gasteiger partial charge in [0.25, 0.3) is 0 Å². The predicted octanol–water partition coefficient (Wildman–Crippen LogP) is 1.89. The molecule has 1 rings (SSSR count). The smallest absolute Gasteiger partial charge is 0.168 e. The normalized spacial score (nSPS) is 12.8. The first-order valence-electron chi connectivity index (χ1n) is 3.82. The van der Waals surface area contributed by atoms with Gasteiger partial charge >= 0.3 is 0 Å². The van der Waals surface area contributed by atoms with Gasteiger partial charge in [-0.15, -0.1) is 0 Å². The topological polar surface area (TPSA) is 39.4 Å². The van der Waals surface area contributed by atoms with Crippen LogP contribution in [-0.2, 0) is 4.74 Å². The van der Waals surface area contributed by atoms with E-state index in [9.17, 15) is 4.79 Å². The minimum Gasteiger partial charge on any atom is -0.472 e. The maximum absolute atomic E-state index is 11.3. The third kappa shape index (κ3) is 2.20. The Morgan fingerprint density at radius 2 is 2.50 bits per heavy atom. The number of carbonyl (C=O) groups is 1. The molecule has 1 unspecified atom stereocenters. The maximum atomic E-state index is 11.3. The van der Waals surface area contributed by atoms with Crippen LogP contribution in [0.15, 0.2) is 23.0 Å². The average Bonchev–Trinajstić information content (AvgIpc) is 2.56. The highest BCUT2D eigenvalue weighted by atomic mass is 16.5. The van der Waals surface area contributed by atoms with Crippen LogP contribution < -0.4 is 0 Å². The third-order valence-corrected chi connectivity index (χ3v) is 1.72. The van der Waals surface area contributed by atoms with Crippen molar-refractivity contribution in [3.8, 4) is 0 Å². The first-order valence-corrected chi connectivity index (χ1v) is 3.82. The van der Waals surface area contributed by atoms with Gasteiger partial charge in [0, 0.05) is 13.5 Å². The summed E-state index contributed by atoms with van der Waals surface area (Å²) in [4.78, 5) is 11.3. The van der Waals surface area contributed by atoms with Crippen molar-refractivity contribution in [3.63, 3.8) is 0 Å². The Balaban J connectivity index is 2.50. The molecule has 0 aliphatic rings. The van der Waals surface area contributed by atoms with E-state index in [0.717, 1.165) is 0 Å². The van der Waals surface area contributed by atoms with Crippen molar-refractivity contribution in [3.05, 3.63) is 24.2 Å². The number of ketones is 1. The van der Waals surface area contributed by atoms with Crippen molar-refractivity contribution < 1.29 is 13.9 Å². The number of rotatable bonds is 4. The molecule has 0 aliphatic carbocycles. The van der Waals surface area contributed by atoms with Gasteiger partial charge in [0.15, 0.2) is 5.78 Å². The molecule has 1 aromatic heterocycles. The summed E-state index contributed by atoms with van der Waals surface area (Å²) in [6, 6.07) is 1.66. The molecule has 0 bridgehead atoms. The van der Waals surface area contributed by atoms with Gasteiger partial charge in [0.05, 0.1) is 17.9 Å². The monoisotopic (exact) mass is 168 g/mol. The van der Waals surface area contributed by atoms with Crippen LogP contribution in [0.5, 0.6) is 0 Å². The zero-order chi connectivity index (χ0) is 8.97. The molecular formula is C9H12O3. The van der Waals surface area contributed by atoms with Crippen LogP contribution in [-0.4, -0.2) is 19.0 Å². The standard InChI is InChI=1S/C9H12O3/c1-7(11-2)5-9(10)8-3-4-12-6-8/h3-4,6-7H,5H2,1-2H3. The van der Waals surface area contributed by atoms with E-state index in [-0.39, 0.29) is 11.9 Å². The van der Waals surface area contributed by atoms with Crippen molar-refractivity contribution in [2.45, 2.75) is 19.4 Å². The maximum Gasteiger partial charge on any atom is 0.168 e. The van der Waals surface area contributed by atoms with Gasteiger partial charge in [0.2, 0.25) is 0 Å². The number of Topliss-reactive ketones (excluding diaryl/α,β-unsaturated/α-hetero) is 1. The zero-order valence-corrected chi connectivity index (χ0v) is 7.24. The van der Waals surface area contributed by atoms with Crippen molar-refractivity contribution in [1.29, 1.82) is 0 Å². The molecule has 3 nitrogen and oxygen atoms in total. The quantitative estimate of drug-likeness (QED) is 0.644. The molecule has 0 fully saturated rings. The predicted molar refractivity (Wildman–Crippen MR) is 44.1 cm³/mol. The minimum absolute atomic E-state index is 0.0348. The summed E-state index contributed by atoms with van der Waals surface area (Å²) >= 11 is 0. The summed E-state index contributed by atoms with van der Waals surface area (Å²) in [7, 11) is 1.59. The average molecular weight is 168 g/mol. The highest BCUT2D eigenvalue weighted by molar-refractivity contribution is 5.95. The van der Waals surface area contributed by atoms with E-state index in [2.05, 4.69) is 0 Å². The molecule has 0 aromatic carbocycles. The van der Waals surface area contributed by atoms with E-state index >= 15 is 0 Å². The molecule has 0 amide bonds. The Labute approximate surface area is 71.3 Å². The number of methoxy groups -OCH3 is 1. The molecular weight excluding hydrogens is 156 g/mol. The number of hydrogen-bond donors (Lipinski definition) is 0. The molecule has 0 radical (unpaired) electrons. The summed E-state index contributed by atoms with van der Waals surface area (Å²) < 4.78 is 9.76. The van der Waals surface area contributed by atoms with Gasteiger partial charge in [-0.3, -0.25) is 4.79 Å². The molecule has 0 N–H and O–H groups in total. The summed E-state index contributed by atoms with van der Waals surface area (Å²) in [5.41, 5.74) is 0.610. The van der Waals surface area contributed by atoms with Crippen molar-refractivity contribution >= 4 is 5.78 Å². The molecule has 0 saturated carbocycles. The van der Waals surface area contributed by atoms with E-state index in [0.29, 0.717) is 12.0 Å². The molecule has 0 aliphatic heterocycles. The van der Waals surface area contributed by atoms with Crippen LogP contribution in [0.1, 0.15) is 23.7 Å². The van der Waals surface area contributed by atoms with E-state index in [1.54, 1.807) is 13.2 Å². The van der Waals surface area contributed by atoms with E-state index in [1.165, 1.54) is 12.5 Å². The Hall–Kier alpha value is -1.09. The number of hydrogen-bond acceptors (Lipinski definition) is 3. The fourth-order valence-electron chi connectivity index (χ4n) is 0.885. The first-order chi connectivity index (χ1) is 5.74. The summed E-state index contributed by atoms with van der Waals surface area (Å²) in [5.74, 6) is 0.0538. The lowest BCUT2D eigenvalue weighted by Crippen LogP contribution is -2.11. The van der Waals surface area contributed by atoms with Gasteiger partial charge in [-0.25, -0.2) is 0 Å². The lowest BCUT2D eigenvalue weighted by atomic mass is 10.1. The number of furan rings is 1. The third-order valence-electron chi connectivity index (χ3n) is 1.72. The van der Waals surface area contributed by atoms with Crippen LogP contribution in [0.4, 0.5) is 0 Å². The lowest BCUT2D eigenvalue weighted by molar-refractivity contribution is 0.0791. The van der Waals surface area contributed by atoms with Crippen LogP contribution >= 0.6 is 0 Å². The molecule has 1 heterocycles. The van der Waals surface area contributed by atoms with Crippen LogP contribution in [0.3, 0.4) is 0 Å². The Kier molecular flexibility index (Phi) is 3.05. The molecule has 3 heteroatoms. The van der Waals surface area contributed by atoms with Crippen molar-refractivity contribution in [1.82, 2.24) is 0 Å². The Bertz CT molecular complexity index is 238. The lowest BCUT2D eigenvalue weighted by Gasteiger charge is -2.05. The fraction of sp³-hybridized carbons (Fsp3) is 0.444. The zero-order valence-electron chi connectivity index (χ0n) is 7.24. The van der Waals surface area contributed by atoms with Gasteiger partial charge in [-0.1, -0.05) is 0 Å². The highest BCUT2D eigenvalue weighted by Crippen LogP contribution is 2.07. The van der Waals surface area contributed by atoms with Crippen LogP contribution in [0.2, 0.25) is 0 Å². The minimum atomic E-state index is -0.0348. The van der Waals surface area contributed by atoms with Crippen molar-refractivity contribution in [2.24, 2.45) is 0 Å². The summed E-state index contributed by atoms with van der Waals surface area (Å²) in [6.45, 7) is 1.86. The second kappa shape index (κ2) is 4.07. The molecule has 12 heavy (non-hydrogen) atoms. The highest BCUT2D eigenvalue weighted by Gasteiger charge is 2.10. The van der Waals surface area contributed by atoms with Gasteiger partial charge in [-0.2, -0.15) is 0 Å². The fourth-order valence-corrected chi connectivity index (χ4v) is 0.885. The van der Waals surface area contributed by atoms with Crippen LogP contribution in [0.25, 0.3) is 0 Å². The van der Waals surface area contributed by atoms with Gasteiger partial charge in [-0.05, 0) is 13.0 Å². The molecule has 66 valence electrons. The van der Waals surface area contributed by atoms with E-state index < -0.39 is 0 Å². The molecule has 0 saturated heterocycles. The molecule has 0 spiro atoms. The number of carbonyl (C=O) groups excluding carboxylic acids is 1. The van der Waals surface area contributed by atoms with Crippen molar-refractivity contribution in [2.75, 3.05) is 7.11 Å². The Morgan fingerprint density at radius 3 is 3.00 bits per heavy atom.